The van der Waals surface area contributed by atoms with E-state index in [1.807, 2.05) is 12.1 Å². The highest BCUT2D eigenvalue weighted by Gasteiger charge is 2.09. The van der Waals surface area contributed by atoms with Crippen LogP contribution in [-0.2, 0) is 11.3 Å². The van der Waals surface area contributed by atoms with E-state index in [-0.39, 0.29) is 0 Å². The van der Waals surface area contributed by atoms with Crippen molar-refractivity contribution in [2.45, 2.75) is 19.4 Å². The molecule has 0 saturated heterocycles. The zero-order valence-corrected chi connectivity index (χ0v) is 15.8. The lowest BCUT2D eigenvalue weighted by molar-refractivity contribution is 0.143. The molecule has 0 saturated carbocycles. The molecule has 6 nitrogen and oxygen atoms in total. The minimum absolute atomic E-state index is 0.435. The summed E-state index contributed by atoms with van der Waals surface area (Å²) in [5, 5.41) is 8.78. The average Bonchev–Trinajstić information content (AvgIpc) is 3.17. The Kier molecular flexibility index (Phi) is 8.21. The molecule has 0 aliphatic carbocycles. The van der Waals surface area contributed by atoms with E-state index in [2.05, 4.69) is 45.0 Å². The predicted molar refractivity (Wildman–Crippen MR) is 103 cm³/mol. The van der Waals surface area contributed by atoms with Crippen LogP contribution in [0.15, 0.2) is 40.8 Å². The zero-order valence-electron chi connectivity index (χ0n) is 15.0. The van der Waals surface area contributed by atoms with Gasteiger partial charge in [0.1, 0.15) is 6.61 Å². The zero-order chi connectivity index (χ0) is 17.9. The minimum Gasteiger partial charge on any atom is -0.475 e. The van der Waals surface area contributed by atoms with Crippen molar-refractivity contribution < 1.29 is 9.47 Å². The van der Waals surface area contributed by atoms with Gasteiger partial charge >= 0.3 is 0 Å². The van der Waals surface area contributed by atoms with Gasteiger partial charge in [-0.15, -0.1) is 11.3 Å². The number of thiophene rings is 1. The first-order valence-electron chi connectivity index (χ1n) is 8.28. The molecular weight excluding hydrogens is 336 g/mol. The van der Waals surface area contributed by atoms with Gasteiger partial charge in [-0.3, -0.25) is 4.99 Å². The molecule has 2 aromatic rings. The Balaban J connectivity index is 1.84. The Bertz CT molecular complexity index is 646. The fraction of sp³-hybridized carbons (Fsp3) is 0.444. The summed E-state index contributed by atoms with van der Waals surface area (Å²) >= 11 is 1.78. The Labute approximate surface area is 153 Å². The van der Waals surface area contributed by atoms with Crippen LogP contribution in [0.2, 0.25) is 0 Å². The van der Waals surface area contributed by atoms with E-state index in [0.29, 0.717) is 31.6 Å². The highest BCUT2D eigenvalue weighted by Crippen LogP contribution is 2.19. The van der Waals surface area contributed by atoms with Crippen LogP contribution in [-0.4, -0.2) is 44.9 Å². The van der Waals surface area contributed by atoms with Gasteiger partial charge in [0.2, 0.25) is 5.88 Å². The number of pyridine rings is 1. The van der Waals surface area contributed by atoms with E-state index in [0.717, 1.165) is 18.1 Å². The van der Waals surface area contributed by atoms with E-state index < -0.39 is 0 Å². The lowest BCUT2D eigenvalue weighted by Crippen LogP contribution is -2.38. The number of aromatic nitrogens is 1. The number of aliphatic imine (C=N–C) groups is 1. The largest absolute Gasteiger partial charge is 0.475 e. The van der Waals surface area contributed by atoms with Crippen molar-refractivity contribution >= 4 is 17.3 Å². The number of nitrogens with one attached hydrogen (secondary N) is 2. The van der Waals surface area contributed by atoms with Gasteiger partial charge in [0.05, 0.1) is 6.61 Å². The van der Waals surface area contributed by atoms with Crippen molar-refractivity contribution in [2.24, 2.45) is 4.99 Å². The predicted octanol–water partition coefficient (Wildman–Crippen LogP) is 2.64. The Morgan fingerprint density at radius 2 is 2.16 bits per heavy atom. The van der Waals surface area contributed by atoms with Crippen LogP contribution in [0.5, 0.6) is 5.88 Å². The summed E-state index contributed by atoms with van der Waals surface area (Å²) in [5.74, 6) is 1.81. The van der Waals surface area contributed by atoms with E-state index in [1.165, 1.54) is 4.88 Å². The summed E-state index contributed by atoms with van der Waals surface area (Å²) in [5.41, 5.74) is 0.979. The topological polar surface area (TPSA) is 67.8 Å². The number of rotatable bonds is 9. The first kappa shape index (κ1) is 19.2. The summed E-state index contributed by atoms with van der Waals surface area (Å²) < 4.78 is 10.7. The van der Waals surface area contributed by atoms with E-state index in [4.69, 9.17) is 9.47 Å². The molecule has 25 heavy (non-hydrogen) atoms. The normalized spacial score (nSPS) is 12.7. The van der Waals surface area contributed by atoms with Crippen LogP contribution in [0.1, 0.15) is 23.3 Å². The van der Waals surface area contributed by atoms with Crippen LogP contribution < -0.4 is 15.4 Å². The molecule has 136 valence electrons. The van der Waals surface area contributed by atoms with E-state index in [1.54, 1.807) is 31.7 Å². The van der Waals surface area contributed by atoms with E-state index >= 15 is 0 Å². The highest BCUT2D eigenvalue weighted by molar-refractivity contribution is 7.10. The second kappa shape index (κ2) is 10.7. The fourth-order valence-electron chi connectivity index (χ4n) is 2.23. The van der Waals surface area contributed by atoms with Gasteiger partial charge in [0, 0.05) is 49.8 Å². The summed E-state index contributed by atoms with van der Waals surface area (Å²) in [6, 6.07) is 8.13. The number of hydrogen-bond acceptors (Lipinski definition) is 5. The van der Waals surface area contributed by atoms with Crippen LogP contribution in [0, 0.1) is 0 Å². The van der Waals surface area contributed by atoms with Crippen molar-refractivity contribution in [2.75, 3.05) is 33.9 Å². The van der Waals surface area contributed by atoms with Crippen LogP contribution in [0.3, 0.4) is 0 Å². The van der Waals surface area contributed by atoms with E-state index in [9.17, 15) is 0 Å². The monoisotopic (exact) mass is 362 g/mol. The molecule has 0 bridgehead atoms. The van der Waals surface area contributed by atoms with Crippen molar-refractivity contribution in [3.63, 3.8) is 0 Å². The maximum Gasteiger partial charge on any atom is 0.218 e. The Morgan fingerprint density at radius 3 is 2.88 bits per heavy atom. The molecule has 0 aliphatic heterocycles. The highest BCUT2D eigenvalue weighted by atomic mass is 32.1. The molecule has 0 amide bonds. The van der Waals surface area contributed by atoms with Crippen molar-refractivity contribution in [1.29, 1.82) is 0 Å². The second-order valence-corrected chi connectivity index (χ2v) is 6.51. The third kappa shape index (κ3) is 6.36. The molecule has 7 heteroatoms. The molecule has 0 spiro atoms. The smallest absolute Gasteiger partial charge is 0.218 e. The number of nitrogens with zero attached hydrogens (tertiary/aromatic N) is 2. The van der Waals surface area contributed by atoms with Gasteiger partial charge in [0.15, 0.2) is 5.96 Å². The van der Waals surface area contributed by atoms with Crippen molar-refractivity contribution in [3.05, 3.63) is 46.3 Å². The fourth-order valence-corrected chi connectivity index (χ4v) is 3.02. The number of methoxy groups -OCH3 is 1. The Morgan fingerprint density at radius 1 is 1.28 bits per heavy atom. The molecule has 0 fully saturated rings. The third-order valence-corrected chi connectivity index (χ3v) is 4.75. The molecule has 0 aliphatic rings. The first-order chi connectivity index (χ1) is 12.2. The van der Waals surface area contributed by atoms with Crippen LogP contribution in [0.25, 0.3) is 0 Å². The van der Waals surface area contributed by atoms with Crippen molar-refractivity contribution in [3.8, 4) is 5.88 Å². The van der Waals surface area contributed by atoms with Gasteiger partial charge < -0.3 is 20.1 Å². The number of hydrogen-bond donors (Lipinski definition) is 2. The SMILES string of the molecule is CN=C(NCc1cccnc1OCCOC)NCC(C)c1cccs1. The van der Waals surface area contributed by atoms with Gasteiger partial charge in [-0.25, -0.2) is 4.98 Å². The van der Waals surface area contributed by atoms with Gasteiger partial charge in [-0.2, -0.15) is 0 Å². The molecule has 1 unspecified atom stereocenters. The maximum absolute atomic E-state index is 5.66. The van der Waals surface area contributed by atoms with Crippen molar-refractivity contribution in [1.82, 2.24) is 15.6 Å². The molecule has 2 heterocycles. The summed E-state index contributed by atoms with van der Waals surface area (Å²) in [4.78, 5) is 9.93. The number of guanidine groups is 1. The summed E-state index contributed by atoms with van der Waals surface area (Å²) in [7, 11) is 3.42. The summed E-state index contributed by atoms with van der Waals surface area (Å²) in [6.07, 6.45) is 1.72. The average molecular weight is 362 g/mol. The molecule has 2 N–H and O–H groups in total. The first-order valence-corrected chi connectivity index (χ1v) is 9.16. The standard InChI is InChI=1S/C18H26N4O2S/c1-14(16-7-5-11-25-16)12-21-18(19-2)22-13-15-6-4-8-20-17(15)24-10-9-23-3/h4-8,11,14H,9-10,12-13H2,1-3H3,(H2,19,21,22). The van der Waals surface area contributed by atoms with Gasteiger partial charge in [-0.1, -0.05) is 19.1 Å². The maximum atomic E-state index is 5.66. The third-order valence-electron chi connectivity index (χ3n) is 3.65. The minimum atomic E-state index is 0.435. The molecule has 1 atom stereocenters. The quantitative estimate of drug-likeness (QED) is 0.408. The molecule has 2 rings (SSSR count). The van der Waals surface area contributed by atoms with Crippen LogP contribution >= 0.6 is 11.3 Å². The molecular formula is C18H26N4O2S. The molecule has 0 radical (unpaired) electrons. The Hall–Kier alpha value is -2.12. The molecule has 2 aromatic heterocycles. The molecule has 0 aromatic carbocycles. The number of ether oxygens (including phenoxy) is 2. The summed E-state index contributed by atoms with van der Waals surface area (Å²) in [6.45, 7) is 4.63. The lowest BCUT2D eigenvalue weighted by atomic mass is 10.1. The second-order valence-electron chi connectivity index (χ2n) is 5.53. The van der Waals surface area contributed by atoms with Gasteiger partial charge in [-0.05, 0) is 17.5 Å². The van der Waals surface area contributed by atoms with Gasteiger partial charge in [0.25, 0.3) is 0 Å². The lowest BCUT2D eigenvalue weighted by Gasteiger charge is -2.16. The van der Waals surface area contributed by atoms with Crippen LogP contribution in [0.4, 0.5) is 0 Å².